The van der Waals surface area contributed by atoms with Gasteiger partial charge in [0.2, 0.25) is 11.8 Å². The summed E-state index contributed by atoms with van der Waals surface area (Å²) in [7, 11) is 1.60. The minimum atomic E-state index is -0.198. The van der Waals surface area contributed by atoms with Crippen molar-refractivity contribution < 1.29 is 14.3 Å². The van der Waals surface area contributed by atoms with Gasteiger partial charge < -0.3 is 15.0 Å². The molecule has 1 heterocycles. The molecule has 0 saturated carbocycles. The second-order valence-corrected chi connectivity index (χ2v) is 6.34. The lowest BCUT2D eigenvalue weighted by molar-refractivity contribution is -0.123. The smallest absolute Gasteiger partial charge is 0.240 e. The van der Waals surface area contributed by atoms with Gasteiger partial charge in [-0.15, -0.1) is 11.8 Å². The van der Waals surface area contributed by atoms with Crippen LogP contribution in [0.3, 0.4) is 0 Å². The van der Waals surface area contributed by atoms with Crippen LogP contribution in [-0.4, -0.2) is 31.2 Å². The van der Waals surface area contributed by atoms with Gasteiger partial charge in [0.15, 0.2) is 0 Å². The van der Waals surface area contributed by atoms with Crippen LogP contribution in [0.2, 0.25) is 0 Å². The highest BCUT2D eigenvalue weighted by Gasteiger charge is 2.26. The third-order valence-corrected chi connectivity index (χ3v) is 4.83. The van der Waals surface area contributed by atoms with Crippen LogP contribution in [0.5, 0.6) is 5.75 Å². The van der Waals surface area contributed by atoms with Crippen LogP contribution in [0, 0.1) is 0 Å². The fourth-order valence-electron chi connectivity index (χ4n) is 2.57. The SMILES string of the molecule is COc1ccccc1CNC(=O)CN1C(=O)CSc2ccccc21. The molecule has 0 fully saturated rings. The normalized spacial score (nSPS) is 13.4. The lowest BCUT2D eigenvalue weighted by Crippen LogP contribution is -2.43. The lowest BCUT2D eigenvalue weighted by Gasteiger charge is -2.28. The first-order chi connectivity index (χ1) is 11.7. The number of hydrogen-bond acceptors (Lipinski definition) is 4. The zero-order valence-electron chi connectivity index (χ0n) is 13.3. The van der Waals surface area contributed by atoms with Crippen LogP contribution in [0.4, 0.5) is 5.69 Å². The Balaban J connectivity index is 1.66. The number of rotatable bonds is 5. The van der Waals surface area contributed by atoms with E-state index in [1.54, 1.807) is 12.0 Å². The van der Waals surface area contributed by atoms with E-state index in [0.717, 1.165) is 21.9 Å². The van der Waals surface area contributed by atoms with Gasteiger partial charge in [-0.25, -0.2) is 0 Å². The highest BCUT2D eigenvalue weighted by atomic mass is 32.2. The molecule has 0 aromatic heterocycles. The van der Waals surface area contributed by atoms with Crippen LogP contribution in [0.15, 0.2) is 53.4 Å². The number of nitrogens with zero attached hydrogens (tertiary/aromatic N) is 1. The van der Waals surface area contributed by atoms with Crippen molar-refractivity contribution in [2.24, 2.45) is 0 Å². The number of carbonyl (C=O) groups is 2. The van der Waals surface area contributed by atoms with Gasteiger partial charge in [-0.1, -0.05) is 30.3 Å². The average Bonchev–Trinajstić information content (AvgIpc) is 2.62. The molecule has 2 aromatic rings. The Kier molecular flexibility index (Phi) is 5.05. The molecule has 5 nitrogen and oxygen atoms in total. The number of anilines is 1. The van der Waals surface area contributed by atoms with Crippen LogP contribution < -0.4 is 15.0 Å². The quantitative estimate of drug-likeness (QED) is 0.907. The van der Waals surface area contributed by atoms with Crippen LogP contribution in [-0.2, 0) is 16.1 Å². The molecule has 2 aromatic carbocycles. The number of carbonyl (C=O) groups excluding carboxylic acids is 2. The molecule has 0 bridgehead atoms. The number of para-hydroxylation sites is 2. The lowest BCUT2D eigenvalue weighted by atomic mass is 10.2. The summed E-state index contributed by atoms with van der Waals surface area (Å²) in [6.45, 7) is 0.382. The number of ether oxygens (including phenoxy) is 1. The molecule has 0 unspecified atom stereocenters. The number of thioether (sulfide) groups is 1. The Labute approximate surface area is 145 Å². The molecule has 1 aliphatic heterocycles. The van der Waals surface area contributed by atoms with Gasteiger partial charge in [0.25, 0.3) is 0 Å². The van der Waals surface area contributed by atoms with E-state index in [4.69, 9.17) is 4.74 Å². The van der Waals surface area contributed by atoms with Crippen LogP contribution in [0.1, 0.15) is 5.56 Å². The highest BCUT2D eigenvalue weighted by molar-refractivity contribution is 8.00. The first-order valence-electron chi connectivity index (χ1n) is 7.60. The van der Waals surface area contributed by atoms with E-state index in [1.807, 2.05) is 48.5 Å². The minimum absolute atomic E-state index is 0.0194. The zero-order valence-corrected chi connectivity index (χ0v) is 14.1. The third-order valence-electron chi connectivity index (χ3n) is 3.78. The molecule has 2 amide bonds. The number of nitrogens with one attached hydrogen (secondary N) is 1. The Hall–Kier alpha value is -2.47. The van der Waals surface area contributed by atoms with E-state index < -0.39 is 0 Å². The summed E-state index contributed by atoms with van der Waals surface area (Å²) < 4.78 is 5.27. The maximum atomic E-state index is 12.3. The number of methoxy groups -OCH3 is 1. The molecule has 3 rings (SSSR count). The van der Waals surface area contributed by atoms with Gasteiger partial charge in [0.05, 0.1) is 18.6 Å². The Morgan fingerprint density at radius 2 is 1.96 bits per heavy atom. The molecular weight excluding hydrogens is 324 g/mol. The predicted octanol–water partition coefficient (Wildman–Crippen LogP) is 2.45. The molecule has 0 aliphatic carbocycles. The highest BCUT2D eigenvalue weighted by Crippen LogP contribution is 2.34. The van der Waals surface area contributed by atoms with E-state index in [2.05, 4.69) is 5.32 Å². The van der Waals surface area contributed by atoms with Crippen molar-refractivity contribution in [3.63, 3.8) is 0 Å². The molecule has 24 heavy (non-hydrogen) atoms. The Bertz CT molecular complexity index is 763. The van der Waals surface area contributed by atoms with Crippen molar-refractivity contribution in [1.82, 2.24) is 5.32 Å². The average molecular weight is 342 g/mol. The number of hydrogen-bond donors (Lipinski definition) is 1. The van der Waals surface area contributed by atoms with E-state index in [9.17, 15) is 9.59 Å². The molecule has 0 saturated heterocycles. The summed E-state index contributed by atoms with van der Waals surface area (Å²) in [6.07, 6.45) is 0. The second-order valence-electron chi connectivity index (χ2n) is 5.32. The first-order valence-corrected chi connectivity index (χ1v) is 8.58. The number of fused-ring (bicyclic) bond motifs is 1. The Morgan fingerprint density at radius 1 is 1.21 bits per heavy atom. The summed E-state index contributed by atoms with van der Waals surface area (Å²) in [6, 6.07) is 15.2. The van der Waals surface area contributed by atoms with Crippen molar-refractivity contribution in [3.8, 4) is 5.75 Å². The van der Waals surface area contributed by atoms with Crippen molar-refractivity contribution in [2.75, 3.05) is 24.3 Å². The molecule has 124 valence electrons. The standard InChI is InChI=1S/C18H18N2O3S/c1-23-15-8-4-2-6-13(15)10-19-17(21)11-20-14-7-3-5-9-16(14)24-12-18(20)22/h2-9H,10-12H2,1H3,(H,19,21). The molecule has 1 aliphatic rings. The van der Waals surface area contributed by atoms with E-state index in [0.29, 0.717) is 12.3 Å². The predicted molar refractivity (Wildman–Crippen MR) is 94.4 cm³/mol. The molecule has 0 radical (unpaired) electrons. The second kappa shape index (κ2) is 7.40. The summed E-state index contributed by atoms with van der Waals surface area (Å²) in [5.41, 5.74) is 1.69. The van der Waals surface area contributed by atoms with Gasteiger partial charge >= 0.3 is 0 Å². The summed E-state index contributed by atoms with van der Waals surface area (Å²) in [5.74, 6) is 0.840. The summed E-state index contributed by atoms with van der Waals surface area (Å²) in [4.78, 5) is 27.0. The number of benzene rings is 2. The topological polar surface area (TPSA) is 58.6 Å². The molecule has 0 atom stereocenters. The molecular formula is C18H18N2O3S. The maximum absolute atomic E-state index is 12.3. The van der Waals surface area contributed by atoms with Crippen molar-refractivity contribution >= 4 is 29.3 Å². The monoisotopic (exact) mass is 342 g/mol. The fourth-order valence-corrected chi connectivity index (χ4v) is 3.51. The van der Waals surface area contributed by atoms with Crippen LogP contribution >= 0.6 is 11.8 Å². The van der Waals surface area contributed by atoms with E-state index in [-0.39, 0.29) is 18.4 Å². The van der Waals surface area contributed by atoms with Gasteiger partial charge in [0, 0.05) is 17.0 Å². The van der Waals surface area contributed by atoms with E-state index >= 15 is 0 Å². The largest absolute Gasteiger partial charge is 0.496 e. The number of amides is 2. The third kappa shape index (κ3) is 3.54. The van der Waals surface area contributed by atoms with Gasteiger partial charge in [-0.3, -0.25) is 9.59 Å². The maximum Gasteiger partial charge on any atom is 0.240 e. The van der Waals surface area contributed by atoms with Gasteiger partial charge in [-0.2, -0.15) is 0 Å². The van der Waals surface area contributed by atoms with Crippen molar-refractivity contribution in [2.45, 2.75) is 11.4 Å². The molecule has 0 spiro atoms. The minimum Gasteiger partial charge on any atom is -0.496 e. The van der Waals surface area contributed by atoms with Crippen LogP contribution in [0.25, 0.3) is 0 Å². The van der Waals surface area contributed by atoms with Crippen molar-refractivity contribution in [3.05, 3.63) is 54.1 Å². The zero-order chi connectivity index (χ0) is 16.9. The fraction of sp³-hybridized carbons (Fsp3) is 0.222. The Morgan fingerprint density at radius 3 is 2.79 bits per heavy atom. The van der Waals surface area contributed by atoms with Gasteiger partial charge in [0.1, 0.15) is 12.3 Å². The summed E-state index contributed by atoms with van der Waals surface area (Å²) >= 11 is 1.50. The summed E-state index contributed by atoms with van der Waals surface area (Å²) in [5, 5.41) is 2.85. The first kappa shape index (κ1) is 16.4. The molecule has 6 heteroatoms. The van der Waals surface area contributed by atoms with Gasteiger partial charge in [-0.05, 0) is 18.2 Å². The van der Waals surface area contributed by atoms with Crippen molar-refractivity contribution in [1.29, 1.82) is 0 Å². The van der Waals surface area contributed by atoms with E-state index in [1.165, 1.54) is 11.8 Å². The molecule has 1 N–H and O–H groups in total.